The minimum Gasteiger partial charge on any atom is -0.309 e. The van der Waals surface area contributed by atoms with Gasteiger partial charge in [0.25, 0.3) is 0 Å². The van der Waals surface area contributed by atoms with Gasteiger partial charge in [-0.1, -0.05) is 20.8 Å². The van der Waals surface area contributed by atoms with Crippen molar-refractivity contribution in [2.75, 3.05) is 31.1 Å². The van der Waals surface area contributed by atoms with Crippen LogP contribution in [0.4, 0.5) is 5.69 Å². The highest BCUT2D eigenvalue weighted by atomic mass is 32.2. The quantitative estimate of drug-likeness (QED) is 0.687. The van der Waals surface area contributed by atoms with E-state index in [1.165, 1.54) is 6.42 Å². The number of rotatable bonds is 7. The number of nitrogens with zero attached hydrogens (tertiary/aromatic N) is 2. The van der Waals surface area contributed by atoms with Crippen molar-refractivity contribution in [3.8, 4) is 0 Å². The summed E-state index contributed by atoms with van der Waals surface area (Å²) in [5, 5.41) is 0. The average Bonchev–Trinajstić information content (AvgIpc) is 2.99. The van der Waals surface area contributed by atoms with Crippen LogP contribution >= 0.6 is 0 Å². The molecule has 2 aliphatic rings. The van der Waals surface area contributed by atoms with Crippen molar-refractivity contribution in [2.24, 2.45) is 11.8 Å². The molecule has 1 aromatic carbocycles. The molecule has 0 saturated carbocycles. The van der Waals surface area contributed by atoms with Crippen LogP contribution in [0.3, 0.4) is 0 Å². The van der Waals surface area contributed by atoms with Crippen LogP contribution < -0.4 is 9.62 Å². The van der Waals surface area contributed by atoms with E-state index in [0.29, 0.717) is 31.2 Å². The van der Waals surface area contributed by atoms with Gasteiger partial charge in [-0.05, 0) is 68.3 Å². The lowest BCUT2D eigenvalue weighted by molar-refractivity contribution is -0.118. The standard InChI is InChI=1S/C22H35N3O3S/c1-5-22(26)25-18(4)12-19-13-20(7-8-21(19)25)29(27,28)23-9-6-10-24-14-16(2)11-17(3)15-24/h7-8,13,16-18,23H,5-6,9-12,14-15H2,1-4H3. The second-order valence-corrected chi connectivity index (χ2v) is 10.7. The number of anilines is 1. The van der Waals surface area contributed by atoms with E-state index in [9.17, 15) is 13.2 Å². The van der Waals surface area contributed by atoms with Gasteiger partial charge in [0.05, 0.1) is 4.90 Å². The maximum atomic E-state index is 12.7. The Labute approximate surface area is 175 Å². The van der Waals surface area contributed by atoms with Crippen molar-refractivity contribution in [2.45, 2.75) is 64.3 Å². The smallest absolute Gasteiger partial charge is 0.240 e. The Bertz CT molecular complexity index is 830. The van der Waals surface area contributed by atoms with Crippen molar-refractivity contribution < 1.29 is 13.2 Å². The molecule has 1 fully saturated rings. The van der Waals surface area contributed by atoms with Crippen LogP contribution in [0.1, 0.15) is 52.5 Å². The van der Waals surface area contributed by atoms with Gasteiger partial charge in [-0.2, -0.15) is 0 Å². The Morgan fingerprint density at radius 1 is 1.17 bits per heavy atom. The largest absolute Gasteiger partial charge is 0.309 e. The number of hydrogen-bond acceptors (Lipinski definition) is 4. The van der Waals surface area contributed by atoms with Crippen LogP contribution in [0.15, 0.2) is 23.1 Å². The number of amides is 1. The highest BCUT2D eigenvalue weighted by Gasteiger charge is 2.31. The van der Waals surface area contributed by atoms with Gasteiger partial charge < -0.3 is 9.80 Å². The molecule has 6 nitrogen and oxygen atoms in total. The molecule has 0 aliphatic carbocycles. The van der Waals surface area contributed by atoms with Gasteiger partial charge >= 0.3 is 0 Å². The van der Waals surface area contributed by atoms with E-state index in [1.54, 1.807) is 23.1 Å². The third-order valence-electron chi connectivity index (χ3n) is 6.04. The molecule has 1 N–H and O–H groups in total. The van der Waals surface area contributed by atoms with E-state index in [2.05, 4.69) is 23.5 Å². The summed E-state index contributed by atoms with van der Waals surface area (Å²) >= 11 is 0. The zero-order chi connectivity index (χ0) is 21.2. The second kappa shape index (κ2) is 9.14. The summed E-state index contributed by atoms with van der Waals surface area (Å²) < 4.78 is 28.2. The molecular weight excluding hydrogens is 386 g/mol. The molecule has 2 aliphatic heterocycles. The minimum atomic E-state index is -3.54. The Balaban J connectivity index is 1.58. The fourth-order valence-electron chi connectivity index (χ4n) is 4.89. The molecular formula is C22H35N3O3S. The Morgan fingerprint density at radius 2 is 1.86 bits per heavy atom. The van der Waals surface area contributed by atoms with Gasteiger partial charge in [0.1, 0.15) is 0 Å². The molecule has 1 saturated heterocycles. The minimum absolute atomic E-state index is 0.0673. The fourth-order valence-corrected chi connectivity index (χ4v) is 6.02. The lowest BCUT2D eigenvalue weighted by Crippen LogP contribution is -2.40. The molecule has 1 amide bonds. The van der Waals surface area contributed by atoms with Gasteiger partial charge in [-0.15, -0.1) is 0 Å². The van der Waals surface area contributed by atoms with E-state index in [-0.39, 0.29) is 16.8 Å². The summed E-state index contributed by atoms with van der Waals surface area (Å²) in [5.74, 6) is 1.50. The molecule has 2 heterocycles. The van der Waals surface area contributed by atoms with Crippen molar-refractivity contribution in [3.05, 3.63) is 23.8 Å². The first kappa shape index (κ1) is 22.2. The first-order chi connectivity index (χ1) is 13.7. The highest BCUT2D eigenvalue weighted by Crippen LogP contribution is 2.34. The number of fused-ring (bicyclic) bond motifs is 1. The van der Waals surface area contributed by atoms with E-state index < -0.39 is 10.0 Å². The maximum Gasteiger partial charge on any atom is 0.240 e. The summed E-state index contributed by atoms with van der Waals surface area (Å²) in [4.78, 5) is 16.7. The van der Waals surface area contributed by atoms with Crippen molar-refractivity contribution in [3.63, 3.8) is 0 Å². The van der Waals surface area contributed by atoms with Gasteiger partial charge in [0, 0.05) is 37.8 Å². The second-order valence-electron chi connectivity index (χ2n) is 8.92. The number of benzene rings is 1. The predicted molar refractivity (Wildman–Crippen MR) is 117 cm³/mol. The molecule has 0 aromatic heterocycles. The number of carbonyl (C=O) groups is 1. The monoisotopic (exact) mass is 421 g/mol. The molecule has 0 radical (unpaired) electrons. The van der Waals surface area contributed by atoms with Gasteiger partial charge in [0.15, 0.2) is 0 Å². The van der Waals surface area contributed by atoms with Crippen LogP contribution in [0.25, 0.3) is 0 Å². The summed E-state index contributed by atoms with van der Waals surface area (Å²) in [6.07, 6.45) is 3.22. The highest BCUT2D eigenvalue weighted by molar-refractivity contribution is 7.89. The average molecular weight is 422 g/mol. The summed E-state index contributed by atoms with van der Waals surface area (Å²) in [6.45, 7) is 12.0. The molecule has 3 unspecified atom stereocenters. The normalized spacial score (nSPS) is 25.2. The third kappa shape index (κ3) is 5.19. The Kier molecular flexibility index (Phi) is 7.02. The molecule has 0 spiro atoms. The van der Waals surface area contributed by atoms with E-state index in [0.717, 1.165) is 37.3 Å². The van der Waals surface area contributed by atoms with Gasteiger partial charge in [-0.25, -0.2) is 13.1 Å². The van der Waals surface area contributed by atoms with Crippen molar-refractivity contribution in [1.82, 2.24) is 9.62 Å². The maximum absolute atomic E-state index is 12.7. The van der Waals surface area contributed by atoms with Crippen molar-refractivity contribution in [1.29, 1.82) is 0 Å². The molecule has 7 heteroatoms. The summed E-state index contributed by atoms with van der Waals surface area (Å²) in [7, 11) is -3.54. The molecule has 162 valence electrons. The van der Waals surface area contributed by atoms with Crippen LogP contribution in [-0.2, 0) is 21.2 Å². The zero-order valence-corrected chi connectivity index (χ0v) is 19.0. The summed E-state index contributed by atoms with van der Waals surface area (Å²) in [5.41, 5.74) is 1.77. The lowest BCUT2D eigenvalue weighted by atomic mass is 9.92. The van der Waals surface area contributed by atoms with Crippen LogP contribution in [0.2, 0.25) is 0 Å². The van der Waals surface area contributed by atoms with Gasteiger partial charge in [-0.3, -0.25) is 4.79 Å². The number of sulfonamides is 1. The fraction of sp³-hybridized carbons (Fsp3) is 0.682. The molecule has 3 atom stereocenters. The lowest BCUT2D eigenvalue weighted by Gasteiger charge is -2.34. The first-order valence-electron chi connectivity index (χ1n) is 10.9. The van der Waals surface area contributed by atoms with Crippen molar-refractivity contribution >= 4 is 21.6 Å². The van der Waals surface area contributed by atoms with E-state index in [4.69, 9.17) is 0 Å². The number of hydrogen-bond donors (Lipinski definition) is 1. The number of piperidine rings is 1. The topological polar surface area (TPSA) is 69.7 Å². The summed E-state index contributed by atoms with van der Waals surface area (Å²) in [6, 6.07) is 5.18. The molecule has 29 heavy (non-hydrogen) atoms. The number of carbonyl (C=O) groups excluding carboxylic acids is 1. The SMILES string of the molecule is CCC(=O)N1c2ccc(S(=O)(=O)NCCCN3CC(C)CC(C)C3)cc2CC1C. The molecule has 1 aromatic rings. The Morgan fingerprint density at radius 3 is 2.52 bits per heavy atom. The third-order valence-corrected chi connectivity index (χ3v) is 7.49. The van der Waals surface area contributed by atoms with Crippen LogP contribution in [0.5, 0.6) is 0 Å². The Hall–Kier alpha value is -1.44. The van der Waals surface area contributed by atoms with Gasteiger partial charge in [0.2, 0.25) is 15.9 Å². The first-order valence-corrected chi connectivity index (χ1v) is 12.4. The number of likely N-dealkylation sites (tertiary alicyclic amines) is 1. The zero-order valence-electron chi connectivity index (χ0n) is 18.1. The van der Waals surface area contributed by atoms with Crippen LogP contribution in [-0.4, -0.2) is 51.4 Å². The molecule has 0 bridgehead atoms. The van der Waals surface area contributed by atoms with Crippen LogP contribution in [0, 0.1) is 11.8 Å². The predicted octanol–water partition coefficient (Wildman–Crippen LogP) is 3.02. The van der Waals surface area contributed by atoms with E-state index in [1.807, 2.05) is 13.8 Å². The van der Waals surface area contributed by atoms with E-state index >= 15 is 0 Å². The molecule has 3 rings (SSSR count). The number of nitrogens with one attached hydrogen (secondary N) is 1.